The summed E-state index contributed by atoms with van der Waals surface area (Å²) in [6.07, 6.45) is 2.47. The molecule has 1 unspecified atom stereocenters. The van der Waals surface area contributed by atoms with Crippen molar-refractivity contribution in [1.82, 2.24) is 3.11 Å². The summed E-state index contributed by atoms with van der Waals surface area (Å²) in [7, 11) is 0. The molecular weight excluding hydrogens is 269 g/mol. The molecule has 0 aromatic rings. The lowest BCUT2D eigenvalue weighted by atomic mass is 10.00. The van der Waals surface area contributed by atoms with Crippen molar-refractivity contribution >= 4 is 22.9 Å². The molecule has 2 aliphatic rings. The molecule has 2 fully saturated rings. The highest BCUT2D eigenvalue weighted by molar-refractivity contribution is 14.1. The molecule has 0 bridgehead atoms. The number of nitrogens with zero attached hydrogens (tertiary/aromatic N) is 1. The van der Waals surface area contributed by atoms with Crippen molar-refractivity contribution in [2.45, 2.75) is 31.3 Å². The van der Waals surface area contributed by atoms with Gasteiger partial charge in [0.2, 0.25) is 0 Å². The van der Waals surface area contributed by atoms with Crippen LogP contribution < -0.4 is 0 Å². The van der Waals surface area contributed by atoms with Crippen LogP contribution in [0, 0.1) is 0 Å². The Hall–Kier alpha value is 0.610. The molecule has 0 radical (unpaired) electrons. The highest BCUT2D eigenvalue weighted by Gasteiger charge is 2.45. The summed E-state index contributed by atoms with van der Waals surface area (Å²) in [6.45, 7) is 4.40. The van der Waals surface area contributed by atoms with E-state index in [0.717, 1.165) is 13.2 Å². The number of ether oxygens (including phenoxy) is 2. The third-order valence-electron chi connectivity index (χ3n) is 2.78. The number of halogens is 1. The van der Waals surface area contributed by atoms with Gasteiger partial charge in [-0.2, -0.15) is 0 Å². The lowest BCUT2D eigenvalue weighted by Crippen LogP contribution is -2.51. The molecule has 12 heavy (non-hydrogen) atoms. The fraction of sp³-hybridized carbons (Fsp3) is 1.00. The van der Waals surface area contributed by atoms with Crippen molar-refractivity contribution in [3.63, 3.8) is 0 Å². The van der Waals surface area contributed by atoms with Crippen molar-refractivity contribution < 1.29 is 9.47 Å². The van der Waals surface area contributed by atoms with Crippen LogP contribution in [-0.4, -0.2) is 34.7 Å². The van der Waals surface area contributed by atoms with Crippen LogP contribution in [0.1, 0.15) is 19.8 Å². The molecule has 0 saturated carbocycles. The minimum Gasteiger partial charge on any atom is -0.353 e. The average Bonchev–Trinajstić information content (AvgIpc) is 2.37. The molecule has 0 aliphatic carbocycles. The summed E-state index contributed by atoms with van der Waals surface area (Å²) in [5, 5.41) is 0. The maximum atomic E-state index is 5.36. The van der Waals surface area contributed by atoms with Gasteiger partial charge in [-0.3, -0.25) is 0 Å². The van der Waals surface area contributed by atoms with Crippen LogP contribution in [0.15, 0.2) is 0 Å². The van der Waals surface area contributed by atoms with Crippen molar-refractivity contribution in [3.05, 3.63) is 0 Å². The van der Waals surface area contributed by atoms with Crippen molar-refractivity contribution in [3.8, 4) is 0 Å². The van der Waals surface area contributed by atoms with Crippen molar-refractivity contribution in [2.75, 3.05) is 20.0 Å². The first-order valence-electron chi connectivity index (χ1n) is 4.35. The van der Waals surface area contributed by atoms with Gasteiger partial charge in [0, 0.05) is 28.9 Å². The number of rotatable bonds is 0. The third kappa shape index (κ3) is 1.38. The second kappa shape index (κ2) is 3.40. The van der Waals surface area contributed by atoms with Crippen LogP contribution in [0.4, 0.5) is 0 Å². The Morgan fingerprint density at radius 2 is 2.08 bits per heavy atom. The van der Waals surface area contributed by atoms with E-state index in [1.807, 2.05) is 0 Å². The molecule has 1 spiro atoms. The molecule has 3 nitrogen and oxygen atoms in total. The topological polar surface area (TPSA) is 21.7 Å². The van der Waals surface area contributed by atoms with E-state index in [9.17, 15) is 0 Å². The molecule has 70 valence electrons. The first-order chi connectivity index (χ1) is 5.75. The van der Waals surface area contributed by atoms with Crippen LogP contribution in [-0.2, 0) is 9.47 Å². The Labute approximate surface area is 86.9 Å². The molecule has 0 aromatic heterocycles. The summed E-state index contributed by atoms with van der Waals surface area (Å²) < 4.78 is 13.1. The molecule has 4 heteroatoms. The number of hydrogen-bond donors (Lipinski definition) is 0. The first kappa shape index (κ1) is 9.18. The zero-order valence-corrected chi connectivity index (χ0v) is 9.41. The van der Waals surface area contributed by atoms with E-state index < -0.39 is 0 Å². The van der Waals surface area contributed by atoms with Crippen molar-refractivity contribution in [1.29, 1.82) is 0 Å². The summed E-state index contributed by atoms with van der Waals surface area (Å²) in [5.41, 5.74) is 0.179. The van der Waals surface area contributed by atoms with E-state index in [1.54, 1.807) is 0 Å². The maximum absolute atomic E-state index is 5.36. The summed E-state index contributed by atoms with van der Waals surface area (Å²) >= 11 is 2.40. The molecular formula is C8H14INO2. The van der Waals surface area contributed by atoms with E-state index in [0.29, 0.717) is 12.8 Å². The first-order valence-corrected chi connectivity index (χ1v) is 5.32. The van der Waals surface area contributed by atoms with Gasteiger partial charge in [-0.05, 0) is 19.8 Å². The fourth-order valence-corrected chi connectivity index (χ4v) is 2.80. The summed E-state index contributed by atoms with van der Waals surface area (Å²) in [5.74, 6) is 0. The minimum atomic E-state index is 0.179. The fourth-order valence-electron chi connectivity index (χ4n) is 2.00. The van der Waals surface area contributed by atoms with Gasteiger partial charge in [0.15, 0.2) is 0 Å². The molecule has 2 aliphatic heterocycles. The lowest BCUT2D eigenvalue weighted by molar-refractivity contribution is -0.152. The summed E-state index contributed by atoms with van der Waals surface area (Å²) in [4.78, 5) is 0. The number of hydrogen-bond acceptors (Lipinski definition) is 3. The van der Waals surface area contributed by atoms with E-state index in [2.05, 4.69) is 32.9 Å². The Kier molecular flexibility index (Phi) is 2.60. The third-order valence-corrected chi connectivity index (χ3v) is 4.75. The van der Waals surface area contributed by atoms with Gasteiger partial charge in [0.25, 0.3) is 0 Å². The van der Waals surface area contributed by atoms with Crippen molar-refractivity contribution in [2.24, 2.45) is 0 Å². The van der Waals surface area contributed by atoms with E-state index in [4.69, 9.17) is 9.47 Å². The molecule has 2 heterocycles. The molecule has 2 saturated heterocycles. The van der Waals surface area contributed by atoms with Crippen LogP contribution in [0.3, 0.4) is 0 Å². The Morgan fingerprint density at radius 3 is 2.58 bits per heavy atom. The van der Waals surface area contributed by atoms with Crippen LogP contribution in [0.2, 0.25) is 0 Å². The maximum Gasteiger partial charge on any atom is 0.146 e. The quantitative estimate of drug-likeness (QED) is 0.497. The summed E-state index contributed by atoms with van der Waals surface area (Å²) in [6, 6.07) is 0.663. The largest absolute Gasteiger partial charge is 0.353 e. The zero-order chi connectivity index (χ0) is 8.60. The van der Waals surface area contributed by atoms with Gasteiger partial charge < -0.3 is 9.47 Å². The van der Waals surface area contributed by atoms with Gasteiger partial charge in [-0.1, -0.05) is 0 Å². The van der Waals surface area contributed by atoms with Gasteiger partial charge in [0.05, 0.1) is 18.8 Å². The normalized spacial score (nSPS) is 36.0. The second-order valence-corrected chi connectivity index (χ2v) is 4.78. The standard InChI is InChI=1S/C8H14INO2/c1-7-2-3-8(10(7)9)4-11-6-12-5-8/h7H,2-6H2,1H3. The minimum absolute atomic E-state index is 0.179. The highest BCUT2D eigenvalue weighted by Crippen LogP contribution is 2.38. The molecule has 0 N–H and O–H groups in total. The molecule has 1 atom stereocenters. The van der Waals surface area contributed by atoms with Crippen LogP contribution >= 0.6 is 22.9 Å². The molecule has 2 rings (SSSR count). The predicted octanol–water partition coefficient (Wildman–Crippen LogP) is 1.56. The zero-order valence-electron chi connectivity index (χ0n) is 7.25. The molecule has 0 amide bonds. The van der Waals surface area contributed by atoms with E-state index in [1.165, 1.54) is 12.8 Å². The van der Waals surface area contributed by atoms with Gasteiger partial charge >= 0.3 is 0 Å². The Balaban J connectivity index is 2.09. The van der Waals surface area contributed by atoms with Gasteiger partial charge in [-0.25, -0.2) is 3.11 Å². The molecule has 0 aromatic carbocycles. The van der Waals surface area contributed by atoms with Crippen LogP contribution in [0.25, 0.3) is 0 Å². The Bertz CT molecular complexity index is 165. The highest BCUT2D eigenvalue weighted by atomic mass is 127. The van der Waals surface area contributed by atoms with Gasteiger partial charge in [0.1, 0.15) is 6.79 Å². The van der Waals surface area contributed by atoms with Gasteiger partial charge in [-0.15, -0.1) is 0 Å². The predicted molar refractivity (Wildman–Crippen MR) is 54.1 cm³/mol. The van der Waals surface area contributed by atoms with E-state index in [-0.39, 0.29) is 5.54 Å². The average molecular weight is 283 g/mol. The lowest BCUT2D eigenvalue weighted by Gasteiger charge is -2.38. The van der Waals surface area contributed by atoms with Crippen LogP contribution in [0.5, 0.6) is 0 Å². The second-order valence-electron chi connectivity index (χ2n) is 3.74. The Morgan fingerprint density at radius 1 is 1.42 bits per heavy atom. The van der Waals surface area contributed by atoms with E-state index >= 15 is 0 Å². The monoisotopic (exact) mass is 283 g/mol. The SMILES string of the molecule is CC1CCC2(COCOC2)N1I. The smallest absolute Gasteiger partial charge is 0.146 e.